The van der Waals surface area contributed by atoms with Crippen molar-refractivity contribution in [1.82, 2.24) is 15.2 Å². The number of nitrogens with one attached hydrogen (secondary N) is 1. The Morgan fingerprint density at radius 2 is 1.77 bits per heavy atom. The zero-order valence-corrected chi connectivity index (χ0v) is 17.6. The van der Waals surface area contributed by atoms with Crippen molar-refractivity contribution in [2.45, 2.75) is 18.4 Å². The third-order valence-electron chi connectivity index (χ3n) is 5.78. The second-order valence-electron chi connectivity index (χ2n) is 7.60. The fourth-order valence-corrected chi connectivity index (χ4v) is 4.16. The molecule has 1 aliphatic heterocycles. The van der Waals surface area contributed by atoms with Crippen molar-refractivity contribution in [3.05, 3.63) is 95.3 Å². The van der Waals surface area contributed by atoms with E-state index < -0.39 is 12.0 Å². The van der Waals surface area contributed by atoms with Crippen LogP contribution >= 0.6 is 0 Å². The molecule has 6 nitrogen and oxygen atoms in total. The van der Waals surface area contributed by atoms with Crippen LogP contribution in [0, 0.1) is 0 Å². The number of fused-ring (bicyclic) bond motifs is 1. The first kappa shape index (κ1) is 20.6. The average Bonchev–Trinajstić information content (AvgIpc) is 2.82. The van der Waals surface area contributed by atoms with E-state index in [1.807, 2.05) is 54.6 Å². The summed E-state index contributed by atoms with van der Waals surface area (Å²) in [6, 6.07) is 18.4. The van der Waals surface area contributed by atoms with Gasteiger partial charge in [-0.15, -0.1) is 0 Å². The molecule has 1 aliphatic rings. The quantitative estimate of drug-likeness (QED) is 0.670. The van der Waals surface area contributed by atoms with E-state index in [1.54, 1.807) is 37.5 Å². The Bertz CT molecular complexity index is 1070. The van der Waals surface area contributed by atoms with Crippen LogP contribution in [-0.2, 0) is 11.2 Å². The fraction of sp³-hybridized carbons (Fsp3) is 0.240. The first-order valence-corrected chi connectivity index (χ1v) is 10.3. The van der Waals surface area contributed by atoms with Gasteiger partial charge in [0.1, 0.15) is 5.75 Å². The lowest BCUT2D eigenvalue weighted by Crippen LogP contribution is -2.45. The molecule has 6 heteroatoms. The van der Waals surface area contributed by atoms with Gasteiger partial charge in [0.05, 0.1) is 19.1 Å². The van der Waals surface area contributed by atoms with E-state index in [1.165, 1.54) is 0 Å². The van der Waals surface area contributed by atoms with Crippen molar-refractivity contribution in [2.24, 2.45) is 0 Å². The van der Waals surface area contributed by atoms with Crippen molar-refractivity contribution in [3.8, 4) is 5.75 Å². The van der Waals surface area contributed by atoms with E-state index in [0.29, 0.717) is 18.5 Å². The van der Waals surface area contributed by atoms with E-state index in [4.69, 9.17) is 4.74 Å². The second-order valence-corrected chi connectivity index (χ2v) is 7.60. The number of ether oxygens (including phenoxy) is 1. The Hall–Kier alpha value is -3.67. The summed E-state index contributed by atoms with van der Waals surface area (Å²) in [5, 5.41) is 3.08. The number of benzene rings is 2. The van der Waals surface area contributed by atoms with Crippen LogP contribution in [0.2, 0.25) is 0 Å². The highest BCUT2D eigenvalue weighted by Crippen LogP contribution is 2.42. The normalized spacial score (nSPS) is 17.7. The predicted octanol–water partition coefficient (Wildman–Crippen LogP) is 3.36. The van der Waals surface area contributed by atoms with Gasteiger partial charge in [0.15, 0.2) is 0 Å². The molecule has 0 saturated heterocycles. The molecule has 0 fully saturated rings. The van der Waals surface area contributed by atoms with Crippen molar-refractivity contribution in [1.29, 1.82) is 0 Å². The number of methoxy groups -OCH3 is 1. The lowest BCUT2D eigenvalue weighted by atomic mass is 9.79. The molecular formula is C25H25N3O3. The number of rotatable bonds is 6. The van der Waals surface area contributed by atoms with E-state index in [9.17, 15) is 9.59 Å². The monoisotopic (exact) mass is 415 g/mol. The summed E-state index contributed by atoms with van der Waals surface area (Å²) in [4.78, 5) is 32.2. The first-order valence-electron chi connectivity index (χ1n) is 10.3. The molecule has 2 atom stereocenters. The SMILES string of the molecule is COc1ccc([C@@H]2[C@@H](C(=O)NCCc3ccncc3)c3ccccc3C(=O)N2C)cc1. The maximum Gasteiger partial charge on any atom is 0.254 e. The molecule has 0 unspecified atom stereocenters. The third kappa shape index (κ3) is 4.14. The van der Waals surface area contributed by atoms with Gasteiger partial charge in [-0.25, -0.2) is 0 Å². The number of carbonyl (C=O) groups is 2. The van der Waals surface area contributed by atoms with Crippen molar-refractivity contribution in [3.63, 3.8) is 0 Å². The zero-order valence-electron chi connectivity index (χ0n) is 17.6. The molecule has 0 radical (unpaired) electrons. The second kappa shape index (κ2) is 9.00. The molecule has 158 valence electrons. The highest BCUT2D eigenvalue weighted by Gasteiger charge is 2.42. The average molecular weight is 415 g/mol. The molecule has 31 heavy (non-hydrogen) atoms. The minimum absolute atomic E-state index is 0.0859. The van der Waals surface area contributed by atoms with Crippen molar-refractivity contribution < 1.29 is 14.3 Å². The largest absolute Gasteiger partial charge is 0.497 e. The van der Waals surface area contributed by atoms with Crippen molar-refractivity contribution >= 4 is 11.8 Å². The Morgan fingerprint density at radius 3 is 2.48 bits per heavy atom. The van der Waals surface area contributed by atoms with Crippen LogP contribution in [0.5, 0.6) is 5.75 Å². The fourth-order valence-electron chi connectivity index (χ4n) is 4.16. The number of amides is 2. The third-order valence-corrected chi connectivity index (χ3v) is 5.78. The summed E-state index contributed by atoms with van der Waals surface area (Å²) in [7, 11) is 3.37. The Morgan fingerprint density at radius 1 is 1.06 bits per heavy atom. The number of nitrogens with zero attached hydrogens (tertiary/aromatic N) is 2. The van der Waals surface area contributed by atoms with Crippen LogP contribution in [0.3, 0.4) is 0 Å². The summed E-state index contributed by atoms with van der Waals surface area (Å²) in [5.41, 5.74) is 3.33. The van der Waals surface area contributed by atoms with Gasteiger partial charge in [-0.3, -0.25) is 14.6 Å². The summed E-state index contributed by atoms with van der Waals surface area (Å²) in [6.45, 7) is 0.508. The van der Waals surface area contributed by atoms with Gasteiger partial charge < -0.3 is 15.0 Å². The number of pyridine rings is 1. The first-order chi connectivity index (χ1) is 15.1. The number of aromatic nitrogens is 1. The number of hydrogen-bond donors (Lipinski definition) is 1. The van der Waals surface area contributed by atoms with E-state index in [0.717, 1.165) is 22.4 Å². The molecule has 1 aromatic heterocycles. The van der Waals surface area contributed by atoms with Gasteiger partial charge in [0.25, 0.3) is 5.91 Å². The number of carbonyl (C=O) groups excluding carboxylic acids is 2. The summed E-state index contributed by atoms with van der Waals surface area (Å²) < 4.78 is 5.27. The smallest absolute Gasteiger partial charge is 0.254 e. The van der Waals surface area contributed by atoms with E-state index >= 15 is 0 Å². The number of hydrogen-bond acceptors (Lipinski definition) is 4. The van der Waals surface area contributed by atoms with Gasteiger partial charge in [-0.2, -0.15) is 0 Å². The maximum atomic E-state index is 13.4. The molecule has 2 amide bonds. The Kier molecular flexibility index (Phi) is 5.98. The molecule has 3 aromatic rings. The van der Waals surface area contributed by atoms with E-state index in [-0.39, 0.29) is 11.8 Å². The van der Waals surface area contributed by atoms with Crippen LogP contribution in [0.4, 0.5) is 0 Å². The molecule has 0 bridgehead atoms. The highest BCUT2D eigenvalue weighted by atomic mass is 16.5. The molecule has 4 rings (SSSR count). The van der Waals surface area contributed by atoms with Gasteiger partial charge in [0.2, 0.25) is 5.91 Å². The lowest BCUT2D eigenvalue weighted by Gasteiger charge is -2.39. The van der Waals surface area contributed by atoms with Crippen LogP contribution in [0.15, 0.2) is 73.1 Å². The minimum Gasteiger partial charge on any atom is -0.497 e. The van der Waals surface area contributed by atoms with Gasteiger partial charge in [0, 0.05) is 31.5 Å². The summed E-state index contributed by atoms with van der Waals surface area (Å²) in [6.07, 6.45) is 4.20. The van der Waals surface area contributed by atoms with Crippen molar-refractivity contribution in [2.75, 3.05) is 20.7 Å². The minimum atomic E-state index is -0.510. The lowest BCUT2D eigenvalue weighted by molar-refractivity contribution is -0.124. The molecule has 1 N–H and O–H groups in total. The molecule has 0 aliphatic carbocycles. The Labute approximate surface area is 181 Å². The molecule has 2 aromatic carbocycles. The van der Waals surface area contributed by atoms with Gasteiger partial charge in [-0.05, 0) is 53.4 Å². The zero-order chi connectivity index (χ0) is 21.8. The summed E-state index contributed by atoms with van der Waals surface area (Å²) >= 11 is 0. The summed E-state index contributed by atoms with van der Waals surface area (Å²) in [5.74, 6) is 0.0379. The number of likely N-dealkylation sites (N-methyl/N-ethyl adjacent to an activating group) is 1. The van der Waals surface area contributed by atoms with Crippen LogP contribution in [0.25, 0.3) is 0 Å². The maximum absolute atomic E-state index is 13.4. The molecule has 0 saturated carbocycles. The van der Waals surface area contributed by atoms with Crippen LogP contribution < -0.4 is 10.1 Å². The van der Waals surface area contributed by atoms with Gasteiger partial charge in [-0.1, -0.05) is 30.3 Å². The predicted molar refractivity (Wildman–Crippen MR) is 118 cm³/mol. The van der Waals surface area contributed by atoms with Crippen LogP contribution in [-0.4, -0.2) is 42.4 Å². The van der Waals surface area contributed by atoms with E-state index in [2.05, 4.69) is 10.3 Å². The molecule has 0 spiro atoms. The Balaban J connectivity index is 1.64. The topological polar surface area (TPSA) is 71.5 Å². The standard InChI is InChI=1S/C25H25N3O3/c1-28-23(18-7-9-19(31-2)10-8-18)22(20-5-3-4-6-21(20)25(28)30)24(29)27-16-13-17-11-14-26-15-12-17/h3-12,14-15,22-23H,13,16H2,1-2H3,(H,27,29)/t22-,23+/m0/s1. The molecule has 2 heterocycles. The molecular weight excluding hydrogens is 390 g/mol. The highest BCUT2D eigenvalue weighted by molar-refractivity contribution is 6.01. The van der Waals surface area contributed by atoms with Gasteiger partial charge >= 0.3 is 0 Å². The van der Waals surface area contributed by atoms with Crippen LogP contribution in [0.1, 0.15) is 39.0 Å².